The molecule has 1 aromatic carbocycles. The van der Waals surface area contributed by atoms with Crippen molar-refractivity contribution in [1.82, 2.24) is 5.32 Å². The van der Waals surface area contributed by atoms with E-state index < -0.39 is 0 Å². The average molecular weight is 366 g/mol. The topological polar surface area (TPSA) is 29.1 Å². The third-order valence-corrected chi connectivity index (χ3v) is 3.48. The summed E-state index contributed by atoms with van der Waals surface area (Å²) in [5, 5.41) is 2.96. The zero-order chi connectivity index (χ0) is 12.8. The highest BCUT2D eigenvalue weighted by molar-refractivity contribution is 14.1. The molecule has 17 heavy (non-hydrogen) atoms. The van der Waals surface area contributed by atoms with Crippen LogP contribution in [-0.4, -0.2) is 17.8 Å². The summed E-state index contributed by atoms with van der Waals surface area (Å²) in [5.74, 6) is 0.928. The summed E-state index contributed by atoms with van der Waals surface area (Å²) in [4.78, 5) is 11.9. The van der Waals surface area contributed by atoms with Crippen LogP contribution in [0, 0.1) is 9.49 Å². The monoisotopic (exact) mass is 365 g/mol. The van der Waals surface area contributed by atoms with Crippen molar-refractivity contribution in [2.75, 3.05) is 5.88 Å². The molecule has 1 atom stereocenters. The average Bonchev–Trinajstić information content (AvgIpc) is 2.28. The minimum atomic E-state index is -0.0484. The van der Waals surface area contributed by atoms with Crippen LogP contribution in [-0.2, 0) is 0 Å². The highest BCUT2D eigenvalue weighted by atomic mass is 127. The van der Waals surface area contributed by atoms with Gasteiger partial charge in [-0.2, -0.15) is 0 Å². The van der Waals surface area contributed by atoms with E-state index in [-0.39, 0.29) is 11.9 Å². The molecule has 94 valence electrons. The zero-order valence-corrected chi connectivity index (χ0v) is 13.0. The lowest BCUT2D eigenvalue weighted by Crippen LogP contribution is -2.37. The van der Waals surface area contributed by atoms with Gasteiger partial charge in [-0.15, -0.1) is 11.6 Å². The predicted octanol–water partition coefficient (Wildman–Crippen LogP) is 3.67. The molecular weight excluding hydrogens is 349 g/mol. The molecule has 0 aliphatic rings. The second-order valence-corrected chi connectivity index (χ2v) is 6.02. The SMILES string of the molecule is CC(C)CC(CCl)NC(=O)c1ccc(I)cc1. The van der Waals surface area contributed by atoms with E-state index in [4.69, 9.17) is 11.6 Å². The molecule has 0 aromatic heterocycles. The van der Waals surface area contributed by atoms with Crippen LogP contribution in [0.5, 0.6) is 0 Å². The molecule has 0 heterocycles. The third-order valence-electron chi connectivity index (χ3n) is 2.38. The second-order valence-electron chi connectivity index (χ2n) is 4.46. The van der Waals surface area contributed by atoms with Gasteiger partial charge in [-0.25, -0.2) is 0 Å². The maximum absolute atomic E-state index is 11.9. The molecular formula is C13H17ClINO. The van der Waals surface area contributed by atoms with Gasteiger partial charge in [0.05, 0.1) is 0 Å². The number of carbonyl (C=O) groups is 1. The number of rotatable bonds is 5. The molecule has 0 fully saturated rings. The maximum Gasteiger partial charge on any atom is 0.251 e. The normalized spacial score (nSPS) is 12.5. The van der Waals surface area contributed by atoms with Gasteiger partial charge >= 0.3 is 0 Å². The Labute approximate surface area is 121 Å². The number of hydrogen-bond donors (Lipinski definition) is 1. The van der Waals surface area contributed by atoms with E-state index in [1.54, 1.807) is 0 Å². The maximum atomic E-state index is 11.9. The Kier molecular flexibility index (Phi) is 6.27. The van der Waals surface area contributed by atoms with Crippen molar-refractivity contribution in [3.63, 3.8) is 0 Å². The Morgan fingerprint density at radius 3 is 2.41 bits per heavy atom. The molecule has 4 heteroatoms. The van der Waals surface area contributed by atoms with Crippen LogP contribution in [0.25, 0.3) is 0 Å². The van der Waals surface area contributed by atoms with Gasteiger partial charge in [0.25, 0.3) is 5.91 Å². The van der Waals surface area contributed by atoms with Crippen LogP contribution >= 0.6 is 34.2 Å². The first-order valence-electron chi connectivity index (χ1n) is 5.65. The molecule has 0 spiro atoms. The molecule has 1 unspecified atom stereocenters. The van der Waals surface area contributed by atoms with Gasteiger partial charge in [-0.05, 0) is 59.2 Å². The van der Waals surface area contributed by atoms with Crippen molar-refractivity contribution in [1.29, 1.82) is 0 Å². The first-order chi connectivity index (χ1) is 8.02. The number of benzene rings is 1. The predicted molar refractivity (Wildman–Crippen MR) is 80.6 cm³/mol. The van der Waals surface area contributed by atoms with E-state index in [1.807, 2.05) is 24.3 Å². The Morgan fingerprint density at radius 2 is 1.94 bits per heavy atom. The quantitative estimate of drug-likeness (QED) is 0.626. The van der Waals surface area contributed by atoms with Gasteiger partial charge < -0.3 is 5.32 Å². The van der Waals surface area contributed by atoms with Crippen LogP contribution in [0.15, 0.2) is 24.3 Å². The summed E-state index contributed by atoms with van der Waals surface area (Å²) in [6, 6.07) is 7.56. The van der Waals surface area contributed by atoms with Gasteiger partial charge in [0.2, 0.25) is 0 Å². The lowest BCUT2D eigenvalue weighted by molar-refractivity contribution is 0.0936. The van der Waals surface area contributed by atoms with E-state index in [9.17, 15) is 4.79 Å². The van der Waals surface area contributed by atoms with E-state index in [2.05, 4.69) is 41.8 Å². The minimum Gasteiger partial charge on any atom is -0.348 e. The number of amides is 1. The molecule has 1 rings (SSSR count). The van der Waals surface area contributed by atoms with Crippen LogP contribution in [0.4, 0.5) is 0 Å². The van der Waals surface area contributed by atoms with Gasteiger partial charge in [0.1, 0.15) is 0 Å². The van der Waals surface area contributed by atoms with Crippen LogP contribution in [0.1, 0.15) is 30.6 Å². The first-order valence-corrected chi connectivity index (χ1v) is 7.26. The van der Waals surface area contributed by atoms with Gasteiger partial charge in [-0.1, -0.05) is 13.8 Å². The molecule has 1 aromatic rings. The minimum absolute atomic E-state index is 0.0449. The molecule has 0 saturated heterocycles. The van der Waals surface area contributed by atoms with E-state index in [0.29, 0.717) is 17.4 Å². The molecule has 0 bridgehead atoms. The lowest BCUT2D eigenvalue weighted by atomic mass is 10.0. The van der Waals surface area contributed by atoms with Crippen molar-refractivity contribution in [2.45, 2.75) is 26.3 Å². The fourth-order valence-corrected chi connectivity index (χ4v) is 2.16. The summed E-state index contributed by atoms with van der Waals surface area (Å²) in [6.45, 7) is 4.24. The standard InChI is InChI=1S/C13H17ClINO/c1-9(2)7-12(8-14)16-13(17)10-3-5-11(15)6-4-10/h3-6,9,12H,7-8H2,1-2H3,(H,16,17). The van der Waals surface area contributed by atoms with Gasteiger partial charge in [0, 0.05) is 21.1 Å². The molecule has 0 aliphatic heterocycles. The lowest BCUT2D eigenvalue weighted by Gasteiger charge is -2.18. The number of carbonyl (C=O) groups excluding carboxylic acids is 1. The fraction of sp³-hybridized carbons (Fsp3) is 0.462. The van der Waals surface area contributed by atoms with Crippen molar-refractivity contribution in [3.05, 3.63) is 33.4 Å². The molecule has 2 nitrogen and oxygen atoms in total. The third kappa shape index (κ3) is 5.25. The second kappa shape index (κ2) is 7.21. The Hall–Kier alpha value is -0.290. The number of alkyl halides is 1. The number of nitrogens with one attached hydrogen (secondary N) is 1. The van der Waals surface area contributed by atoms with Crippen molar-refractivity contribution in [3.8, 4) is 0 Å². The van der Waals surface area contributed by atoms with E-state index >= 15 is 0 Å². The van der Waals surface area contributed by atoms with Gasteiger partial charge in [-0.3, -0.25) is 4.79 Å². The van der Waals surface area contributed by atoms with Crippen molar-refractivity contribution in [2.24, 2.45) is 5.92 Å². The van der Waals surface area contributed by atoms with Crippen molar-refractivity contribution >= 4 is 40.1 Å². The first kappa shape index (κ1) is 14.8. The van der Waals surface area contributed by atoms with E-state index in [0.717, 1.165) is 9.99 Å². The highest BCUT2D eigenvalue weighted by Crippen LogP contribution is 2.09. The van der Waals surface area contributed by atoms with E-state index in [1.165, 1.54) is 0 Å². The summed E-state index contributed by atoms with van der Waals surface area (Å²) >= 11 is 8.07. The molecule has 0 aliphatic carbocycles. The highest BCUT2D eigenvalue weighted by Gasteiger charge is 2.14. The van der Waals surface area contributed by atoms with Crippen LogP contribution in [0.3, 0.4) is 0 Å². The van der Waals surface area contributed by atoms with Crippen LogP contribution < -0.4 is 5.32 Å². The van der Waals surface area contributed by atoms with Crippen molar-refractivity contribution < 1.29 is 4.79 Å². The Morgan fingerprint density at radius 1 is 1.35 bits per heavy atom. The summed E-state index contributed by atoms with van der Waals surface area (Å²) in [7, 11) is 0. The number of hydrogen-bond acceptors (Lipinski definition) is 1. The Bertz CT molecular complexity index is 364. The Balaban J connectivity index is 2.61. The fourth-order valence-electron chi connectivity index (χ4n) is 1.60. The summed E-state index contributed by atoms with van der Waals surface area (Å²) in [5.41, 5.74) is 0.685. The van der Waals surface area contributed by atoms with Gasteiger partial charge in [0.15, 0.2) is 0 Å². The molecule has 1 N–H and O–H groups in total. The summed E-state index contributed by atoms with van der Waals surface area (Å²) in [6.07, 6.45) is 0.902. The smallest absolute Gasteiger partial charge is 0.251 e. The summed E-state index contributed by atoms with van der Waals surface area (Å²) < 4.78 is 1.12. The molecule has 0 radical (unpaired) electrons. The largest absolute Gasteiger partial charge is 0.348 e. The molecule has 1 amide bonds. The number of halogens is 2. The molecule has 0 saturated carbocycles. The zero-order valence-electron chi connectivity index (χ0n) is 10.0. The van der Waals surface area contributed by atoms with Crippen LogP contribution in [0.2, 0.25) is 0 Å².